The molecule has 0 aliphatic carbocycles. The molecule has 23 heavy (non-hydrogen) atoms. The first kappa shape index (κ1) is 16.1. The van der Waals surface area contributed by atoms with Crippen molar-refractivity contribution in [3.8, 4) is 0 Å². The summed E-state index contributed by atoms with van der Waals surface area (Å²) in [6.45, 7) is 5.01. The van der Waals surface area contributed by atoms with Gasteiger partial charge < -0.3 is 10.6 Å². The standard InChI is InChI=1S/C15H21N5O2S/c1-10-14(7-16)18-11(2)20-9-12(6-15(10)20)19-23(21,22)13-4-3-5-17-8-13/h3-5,8,12,14,19H,6-7,9,16H2,1-2H3/t12?,14-/m0/s1. The van der Waals surface area contributed by atoms with Gasteiger partial charge in [-0.1, -0.05) is 0 Å². The molecule has 1 saturated heterocycles. The summed E-state index contributed by atoms with van der Waals surface area (Å²) in [5, 5.41) is 0. The Labute approximate surface area is 136 Å². The van der Waals surface area contributed by atoms with Crippen molar-refractivity contribution >= 4 is 15.9 Å². The first-order valence-electron chi connectivity index (χ1n) is 7.56. The number of fused-ring (bicyclic) bond motifs is 1. The fourth-order valence-electron chi connectivity index (χ4n) is 3.13. The van der Waals surface area contributed by atoms with Gasteiger partial charge in [0.25, 0.3) is 0 Å². The van der Waals surface area contributed by atoms with E-state index in [0.717, 1.165) is 17.1 Å². The average molecular weight is 335 g/mol. The second-order valence-electron chi connectivity index (χ2n) is 5.88. The van der Waals surface area contributed by atoms with Gasteiger partial charge in [0.2, 0.25) is 10.0 Å². The summed E-state index contributed by atoms with van der Waals surface area (Å²) in [5.41, 5.74) is 8.03. The van der Waals surface area contributed by atoms with E-state index in [0.29, 0.717) is 19.5 Å². The summed E-state index contributed by atoms with van der Waals surface area (Å²) in [6, 6.07) is 2.96. The Hall–Kier alpha value is -1.77. The van der Waals surface area contributed by atoms with Gasteiger partial charge in [-0.15, -0.1) is 0 Å². The third-order valence-electron chi connectivity index (χ3n) is 4.35. The number of aliphatic imine (C=N–C) groups is 1. The normalized spacial score (nSPS) is 24.7. The van der Waals surface area contributed by atoms with Gasteiger partial charge in [0.1, 0.15) is 10.7 Å². The van der Waals surface area contributed by atoms with E-state index in [1.807, 2.05) is 13.8 Å². The van der Waals surface area contributed by atoms with E-state index in [-0.39, 0.29) is 17.0 Å². The summed E-state index contributed by atoms with van der Waals surface area (Å²) in [6.07, 6.45) is 3.55. The summed E-state index contributed by atoms with van der Waals surface area (Å²) >= 11 is 0. The fourth-order valence-corrected chi connectivity index (χ4v) is 4.32. The van der Waals surface area contributed by atoms with Crippen LogP contribution in [0.1, 0.15) is 20.3 Å². The van der Waals surface area contributed by atoms with Crippen LogP contribution in [0.4, 0.5) is 0 Å². The van der Waals surface area contributed by atoms with Gasteiger partial charge in [-0.05, 0) is 31.6 Å². The molecule has 0 bridgehead atoms. The van der Waals surface area contributed by atoms with Crippen LogP contribution in [0.2, 0.25) is 0 Å². The average Bonchev–Trinajstić information content (AvgIpc) is 2.95. The zero-order valence-corrected chi connectivity index (χ0v) is 14.0. The Morgan fingerprint density at radius 2 is 2.22 bits per heavy atom. The third-order valence-corrected chi connectivity index (χ3v) is 5.85. The molecular weight excluding hydrogens is 314 g/mol. The number of rotatable bonds is 4. The number of aromatic nitrogens is 1. The van der Waals surface area contributed by atoms with Gasteiger partial charge in [0.05, 0.1) is 6.04 Å². The molecule has 1 fully saturated rings. The van der Waals surface area contributed by atoms with Gasteiger partial charge in [-0.3, -0.25) is 9.98 Å². The number of nitrogens with zero attached hydrogens (tertiary/aromatic N) is 3. The van der Waals surface area contributed by atoms with Crippen LogP contribution in [-0.2, 0) is 10.0 Å². The summed E-state index contributed by atoms with van der Waals surface area (Å²) in [5.74, 6) is 0.893. The molecule has 2 atom stereocenters. The predicted octanol–water partition coefficient (Wildman–Crippen LogP) is 0.468. The van der Waals surface area contributed by atoms with Crippen molar-refractivity contribution in [2.45, 2.75) is 37.2 Å². The van der Waals surface area contributed by atoms with Gasteiger partial charge >= 0.3 is 0 Å². The van der Waals surface area contributed by atoms with Crippen LogP contribution in [-0.4, -0.2) is 49.3 Å². The Balaban J connectivity index is 1.81. The number of nitrogens with two attached hydrogens (primary N) is 1. The summed E-state index contributed by atoms with van der Waals surface area (Å²) in [4.78, 5) is 10.7. The highest BCUT2D eigenvalue weighted by molar-refractivity contribution is 7.89. The van der Waals surface area contributed by atoms with Crippen molar-refractivity contribution < 1.29 is 8.42 Å². The molecule has 8 heteroatoms. The third kappa shape index (κ3) is 3.01. The van der Waals surface area contributed by atoms with Gasteiger partial charge in [0.15, 0.2) is 0 Å². The van der Waals surface area contributed by atoms with Crippen molar-refractivity contribution in [3.05, 3.63) is 35.8 Å². The molecule has 2 aliphatic rings. The molecule has 0 saturated carbocycles. The van der Waals surface area contributed by atoms with Crippen molar-refractivity contribution in [1.29, 1.82) is 0 Å². The summed E-state index contributed by atoms with van der Waals surface area (Å²) in [7, 11) is -3.57. The number of nitrogens with one attached hydrogen (secondary N) is 1. The molecule has 0 amide bonds. The first-order chi connectivity index (χ1) is 10.9. The lowest BCUT2D eigenvalue weighted by atomic mass is 10.0. The minimum absolute atomic E-state index is 0.00469. The predicted molar refractivity (Wildman–Crippen MR) is 88.3 cm³/mol. The van der Waals surface area contributed by atoms with Crippen LogP contribution in [0.3, 0.4) is 0 Å². The molecule has 124 valence electrons. The van der Waals surface area contributed by atoms with Crippen LogP contribution in [0.25, 0.3) is 0 Å². The highest BCUT2D eigenvalue weighted by atomic mass is 32.2. The maximum atomic E-state index is 12.4. The van der Waals surface area contributed by atoms with Gasteiger partial charge in [0, 0.05) is 43.6 Å². The Bertz CT molecular complexity index is 757. The zero-order valence-electron chi connectivity index (χ0n) is 13.2. The highest BCUT2D eigenvalue weighted by Gasteiger charge is 2.36. The second-order valence-corrected chi connectivity index (χ2v) is 7.59. The molecule has 1 unspecified atom stereocenters. The second kappa shape index (κ2) is 6.03. The molecule has 0 radical (unpaired) electrons. The van der Waals surface area contributed by atoms with Crippen LogP contribution >= 0.6 is 0 Å². The van der Waals surface area contributed by atoms with Crippen LogP contribution < -0.4 is 10.5 Å². The van der Waals surface area contributed by atoms with Crippen molar-refractivity contribution in [1.82, 2.24) is 14.6 Å². The minimum Gasteiger partial charge on any atom is -0.332 e. The smallest absolute Gasteiger partial charge is 0.242 e. The van der Waals surface area contributed by atoms with E-state index >= 15 is 0 Å². The SMILES string of the molecule is CC1=N[C@@H](CN)C(C)=C2CC(NS(=O)(=O)c3cccnc3)CN12. The molecule has 2 aliphatic heterocycles. The number of hydrogen-bond acceptors (Lipinski definition) is 6. The highest BCUT2D eigenvalue weighted by Crippen LogP contribution is 2.31. The maximum Gasteiger partial charge on any atom is 0.242 e. The molecule has 3 N–H and O–H groups in total. The van der Waals surface area contributed by atoms with E-state index in [1.54, 1.807) is 18.3 Å². The lowest BCUT2D eigenvalue weighted by Crippen LogP contribution is -2.39. The first-order valence-corrected chi connectivity index (χ1v) is 9.04. The number of pyridine rings is 1. The Kier molecular flexibility index (Phi) is 4.22. The molecule has 3 heterocycles. The van der Waals surface area contributed by atoms with Crippen LogP contribution in [0.5, 0.6) is 0 Å². The summed E-state index contributed by atoms with van der Waals surface area (Å²) < 4.78 is 27.7. The topological polar surface area (TPSA) is 101 Å². The van der Waals surface area contributed by atoms with Crippen LogP contribution in [0, 0.1) is 0 Å². The van der Waals surface area contributed by atoms with Crippen LogP contribution in [0.15, 0.2) is 45.7 Å². The molecule has 7 nitrogen and oxygen atoms in total. The Morgan fingerprint density at radius 1 is 1.43 bits per heavy atom. The fraction of sp³-hybridized carbons (Fsp3) is 0.467. The Morgan fingerprint density at radius 3 is 2.87 bits per heavy atom. The maximum absolute atomic E-state index is 12.4. The lowest BCUT2D eigenvalue weighted by molar-refractivity contribution is 0.507. The number of hydrogen-bond donors (Lipinski definition) is 2. The molecular formula is C15H21N5O2S. The molecule has 1 aromatic heterocycles. The largest absolute Gasteiger partial charge is 0.332 e. The van der Waals surface area contributed by atoms with E-state index in [9.17, 15) is 8.42 Å². The minimum atomic E-state index is -3.57. The van der Waals surface area contributed by atoms with E-state index in [2.05, 4.69) is 19.6 Å². The lowest BCUT2D eigenvalue weighted by Gasteiger charge is -2.29. The molecule has 1 aromatic rings. The monoisotopic (exact) mass is 335 g/mol. The van der Waals surface area contributed by atoms with E-state index in [4.69, 9.17) is 5.73 Å². The van der Waals surface area contributed by atoms with E-state index in [1.165, 1.54) is 6.20 Å². The quantitative estimate of drug-likeness (QED) is 0.833. The van der Waals surface area contributed by atoms with E-state index < -0.39 is 10.0 Å². The molecule has 0 aromatic carbocycles. The van der Waals surface area contributed by atoms with Crippen molar-refractivity contribution in [2.75, 3.05) is 13.1 Å². The number of amidine groups is 1. The molecule has 3 rings (SSSR count). The number of sulfonamides is 1. The van der Waals surface area contributed by atoms with Crippen molar-refractivity contribution in [2.24, 2.45) is 10.7 Å². The van der Waals surface area contributed by atoms with Crippen molar-refractivity contribution in [3.63, 3.8) is 0 Å². The molecule has 0 spiro atoms. The van der Waals surface area contributed by atoms with Gasteiger partial charge in [-0.2, -0.15) is 0 Å². The van der Waals surface area contributed by atoms with Gasteiger partial charge in [-0.25, -0.2) is 13.1 Å². The zero-order chi connectivity index (χ0) is 16.6.